The van der Waals surface area contributed by atoms with Crippen molar-refractivity contribution < 1.29 is 19.1 Å². The first-order valence-electron chi connectivity index (χ1n) is 7.21. The molecule has 1 aromatic heterocycles. The van der Waals surface area contributed by atoms with E-state index in [1.165, 1.54) is 16.8 Å². The highest BCUT2D eigenvalue weighted by Gasteiger charge is 2.13. The first-order chi connectivity index (χ1) is 10.9. The molecule has 2 N–H and O–H groups in total. The number of aromatic nitrogens is 2. The average Bonchev–Trinajstić information content (AvgIpc) is 2.81. The quantitative estimate of drug-likeness (QED) is 0.800. The Morgan fingerprint density at radius 1 is 1.30 bits per heavy atom. The van der Waals surface area contributed by atoms with Gasteiger partial charge >= 0.3 is 5.97 Å². The second kappa shape index (κ2) is 7.04. The topological polar surface area (TPSA) is 84.2 Å². The molecule has 23 heavy (non-hydrogen) atoms. The summed E-state index contributed by atoms with van der Waals surface area (Å²) in [6.07, 6.45) is 0.304. The summed E-state index contributed by atoms with van der Waals surface area (Å²) in [6, 6.07) is 6.00. The van der Waals surface area contributed by atoms with E-state index in [2.05, 4.69) is 10.4 Å². The Labute approximate surface area is 132 Å². The highest BCUT2D eigenvalue weighted by molar-refractivity contribution is 5.94. The maximum atomic E-state index is 14.3. The van der Waals surface area contributed by atoms with Crippen LogP contribution in [0, 0.1) is 19.7 Å². The van der Waals surface area contributed by atoms with Gasteiger partial charge in [-0.2, -0.15) is 5.10 Å². The molecule has 1 amide bonds. The van der Waals surface area contributed by atoms with Gasteiger partial charge in [0.15, 0.2) is 0 Å². The Bertz CT molecular complexity index is 740. The first kappa shape index (κ1) is 16.7. The summed E-state index contributed by atoms with van der Waals surface area (Å²) in [5.74, 6) is -1.90. The van der Waals surface area contributed by atoms with E-state index in [0.29, 0.717) is 6.42 Å². The maximum Gasteiger partial charge on any atom is 0.303 e. The van der Waals surface area contributed by atoms with Crippen LogP contribution in [0.2, 0.25) is 0 Å². The molecule has 0 fully saturated rings. The van der Waals surface area contributed by atoms with Crippen molar-refractivity contribution in [1.29, 1.82) is 0 Å². The fourth-order valence-electron chi connectivity index (χ4n) is 2.24. The number of carboxylic acid groups (broad SMARTS) is 1. The van der Waals surface area contributed by atoms with Crippen LogP contribution < -0.4 is 5.32 Å². The van der Waals surface area contributed by atoms with E-state index in [0.717, 1.165) is 17.5 Å². The van der Waals surface area contributed by atoms with Crippen LogP contribution in [0.4, 0.5) is 4.39 Å². The Hall–Kier alpha value is -2.70. The fraction of sp³-hybridized carbons (Fsp3) is 0.312. The van der Waals surface area contributed by atoms with Gasteiger partial charge in [0.2, 0.25) is 0 Å². The predicted molar refractivity (Wildman–Crippen MR) is 82.2 cm³/mol. The lowest BCUT2D eigenvalue weighted by Crippen LogP contribution is -2.25. The maximum absolute atomic E-state index is 14.3. The van der Waals surface area contributed by atoms with Gasteiger partial charge in [-0.25, -0.2) is 9.07 Å². The minimum absolute atomic E-state index is 0.0223. The smallest absolute Gasteiger partial charge is 0.303 e. The van der Waals surface area contributed by atoms with Gasteiger partial charge in [0.1, 0.15) is 11.5 Å². The molecule has 0 unspecified atom stereocenters. The largest absolute Gasteiger partial charge is 0.481 e. The molecule has 6 nitrogen and oxygen atoms in total. The number of hydrogen-bond acceptors (Lipinski definition) is 3. The zero-order chi connectivity index (χ0) is 17.0. The van der Waals surface area contributed by atoms with Crippen molar-refractivity contribution >= 4 is 11.9 Å². The second-order valence-electron chi connectivity index (χ2n) is 5.26. The zero-order valence-electron chi connectivity index (χ0n) is 13.0. The summed E-state index contributed by atoms with van der Waals surface area (Å²) in [6.45, 7) is 3.87. The van der Waals surface area contributed by atoms with Crippen molar-refractivity contribution in [2.75, 3.05) is 6.54 Å². The highest BCUT2D eigenvalue weighted by Crippen LogP contribution is 2.17. The molecule has 0 aliphatic carbocycles. The first-order valence-corrected chi connectivity index (χ1v) is 7.21. The molecule has 2 aromatic rings. The average molecular weight is 319 g/mol. The van der Waals surface area contributed by atoms with Gasteiger partial charge in [-0.1, -0.05) is 0 Å². The van der Waals surface area contributed by atoms with Crippen molar-refractivity contribution in [3.05, 3.63) is 47.0 Å². The van der Waals surface area contributed by atoms with Crippen molar-refractivity contribution in [3.63, 3.8) is 0 Å². The standard InChI is InChI=1S/C16H18FN3O3/c1-10-8-11(2)20(19-10)14-6-5-12(9-13(14)17)16(23)18-7-3-4-15(21)22/h5-6,8-9H,3-4,7H2,1-2H3,(H,18,23)(H,21,22). The molecule has 0 bridgehead atoms. The lowest BCUT2D eigenvalue weighted by Gasteiger charge is -2.08. The minimum atomic E-state index is -0.917. The highest BCUT2D eigenvalue weighted by atomic mass is 19.1. The van der Waals surface area contributed by atoms with Crippen LogP contribution in [0.5, 0.6) is 0 Å². The number of amides is 1. The summed E-state index contributed by atoms with van der Waals surface area (Å²) in [5, 5.41) is 15.3. The normalized spacial score (nSPS) is 10.6. The van der Waals surface area contributed by atoms with Crippen molar-refractivity contribution in [2.24, 2.45) is 0 Å². The second-order valence-corrected chi connectivity index (χ2v) is 5.26. The fourth-order valence-corrected chi connectivity index (χ4v) is 2.24. The summed E-state index contributed by atoms with van der Waals surface area (Å²) < 4.78 is 15.7. The van der Waals surface area contributed by atoms with E-state index in [1.54, 1.807) is 0 Å². The number of nitrogens with one attached hydrogen (secondary N) is 1. The molecular weight excluding hydrogens is 301 g/mol. The minimum Gasteiger partial charge on any atom is -0.481 e. The molecule has 0 aliphatic rings. The molecule has 0 atom stereocenters. The third-order valence-corrected chi connectivity index (χ3v) is 3.30. The summed E-state index contributed by atoms with van der Waals surface area (Å²) in [5.41, 5.74) is 2.04. The molecule has 0 spiro atoms. The van der Waals surface area contributed by atoms with E-state index in [1.807, 2.05) is 19.9 Å². The van der Waals surface area contributed by atoms with Crippen LogP contribution in [0.25, 0.3) is 5.69 Å². The van der Waals surface area contributed by atoms with Gasteiger partial charge in [0.25, 0.3) is 5.91 Å². The Morgan fingerprint density at radius 3 is 2.61 bits per heavy atom. The monoisotopic (exact) mass is 319 g/mol. The Balaban J connectivity index is 2.08. The predicted octanol–water partition coefficient (Wildman–Crippen LogP) is 2.22. The van der Waals surface area contributed by atoms with E-state index in [4.69, 9.17) is 5.11 Å². The molecule has 0 saturated carbocycles. The molecule has 0 radical (unpaired) electrons. The number of hydrogen-bond donors (Lipinski definition) is 2. The summed E-state index contributed by atoms with van der Waals surface area (Å²) in [7, 11) is 0. The number of carbonyl (C=O) groups excluding carboxylic acids is 1. The van der Waals surface area contributed by atoms with Gasteiger partial charge < -0.3 is 10.4 Å². The number of rotatable bonds is 6. The molecule has 122 valence electrons. The molecule has 1 heterocycles. The van der Waals surface area contributed by atoms with Gasteiger partial charge in [-0.05, 0) is 44.5 Å². The van der Waals surface area contributed by atoms with Crippen LogP contribution in [0.3, 0.4) is 0 Å². The lowest BCUT2D eigenvalue weighted by atomic mass is 10.1. The molecule has 7 heteroatoms. The zero-order valence-corrected chi connectivity index (χ0v) is 13.0. The molecule has 1 aromatic carbocycles. The number of aryl methyl sites for hydroxylation is 2. The van der Waals surface area contributed by atoms with Crippen molar-refractivity contribution in [3.8, 4) is 5.69 Å². The van der Waals surface area contributed by atoms with Crippen LogP contribution in [-0.2, 0) is 4.79 Å². The van der Waals surface area contributed by atoms with Crippen LogP contribution in [0.1, 0.15) is 34.6 Å². The van der Waals surface area contributed by atoms with Gasteiger partial charge in [-0.15, -0.1) is 0 Å². The van der Waals surface area contributed by atoms with E-state index < -0.39 is 17.7 Å². The van der Waals surface area contributed by atoms with Crippen LogP contribution >= 0.6 is 0 Å². The van der Waals surface area contributed by atoms with Crippen molar-refractivity contribution in [1.82, 2.24) is 15.1 Å². The lowest BCUT2D eigenvalue weighted by molar-refractivity contribution is -0.137. The molecule has 0 saturated heterocycles. The number of carbonyl (C=O) groups is 2. The van der Waals surface area contributed by atoms with Gasteiger partial charge in [-0.3, -0.25) is 9.59 Å². The van der Waals surface area contributed by atoms with E-state index in [9.17, 15) is 14.0 Å². The number of carboxylic acids is 1. The number of halogens is 1. The Kier molecular flexibility index (Phi) is 5.10. The number of aliphatic carboxylic acids is 1. The third kappa shape index (κ3) is 4.15. The molecule has 2 rings (SSSR count). The van der Waals surface area contributed by atoms with Gasteiger partial charge in [0, 0.05) is 24.2 Å². The number of nitrogens with zero attached hydrogens (tertiary/aromatic N) is 2. The Morgan fingerprint density at radius 2 is 2.04 bits per heavy atom. The number of benzene rings is 1. The third-order valence-electron chi connectivity index (χ3n) is 3.30. The molecular formula is C16H18FN3O3. The molecule has 0 aliphatic heterocycles. The SMILES string of the molecule is Cc1cc(C)n(-c2ccc(C(=O)NCCCC(=O)O)cc2F)n1. The van der Waals surface area contributed by atoms with E-state index >= 15 is 0 Å². The van der Waals surface area contributed by atoms with Gasteiger partial charge in [0.05, 0.1) is 5.69 Å². The van der Waals surface area contributed by atoms with E-state index in [-0.39, 0.29) is 24.2 Å². The van der Waals surface area contributed by atoms with Crippen LogP contribution in [-0.4, -0.2) is 33.3 Å². The summed E-state index contributed by atoms with van der Waals surface area (Å²) in [4.78, 5) is 22.3. The van der Waals surface area contributed by atoms with Crippen LogP contribution in [0.15, 0.2) is 24.3 Å². The van der Waals surface area contributed by atoms with Crippen molar-refractivity contribution in [2.45, 2.75) is 26.7 Å². The summed E-state index contributed by atoms with van der Waals surface area (Å²) >= 11 is 0.